The lowest BCUT2D eigenvalue weighted by molar-refractivity contribution is -0.131. The second-order valence-corrected chi connectivity index (χ2v) is 8.42. The number of carbonyl (C=O) groups excluding carboxylic acids is 1. The van der Waals surface area contributed by atoms with Crippen LogP contribution in [-0.2, 0) is 11.3 Å². The van der Waals surface area contributed by atoms with Gasteiger partial charge in [-0.15, -0.1) is 11.8 Å². The Morgan fingerprint density at radius 3 is 3.09 bits per heavy atom. The van der Waals surface area contributed by atoms with E-state index in [0.29, 0.717) is 12.0 Å². The molecule has 1 N–H and O–H groups in total. The number of amides is 1. The Balaban J connectivity index is 1.43. The standard InChI is InChI=1S/C18H25N3OS/c1-14(2)5-6-17(22)21-12-18(13-21)8-16(11-23-18)20-10-15-4-3-7-19-9-15/h3-7,9,14,16,20H,8,10-13H2,1-2H3/b6-5+. The molecular weight excluding hydrogens is 306 g/mol. The van der Waals surface area contributed by atoms with Crippen molar-refractivity contribution in [2.24, 2.45) is 5.92 Å². The van der Waals surface area contributed by atoms with Gasteiger partial charge in [-0.3, -0.25) is 9.78 Å². The van der Waals surface area contributed by atoms with E-state index in [4.69, 9.17) is 0 Å². The third-order valence-electron chi connectivity index (χ3n) is 4.42. The van der Waals surface area contributed by atoms with Gasteiger partial charge in [0.15, 0.2) is 0 Å². The third-order valence-corrected chi connectivity index (χ3v) is 6.03. The summed E-state index contributed by atoms with van der Waals surface area (Å²) in [5, 5.41) is 3.63. The highest BCUT2D eigenvalue weighted by atomic mass is 32.2. The van der Waals surface area contributed by atoms with Gasteiger partial charge in [0.1, 0.15) is 0 Å². The molecule has 5 heteroatoms. The van der Waals surface area contributed by atoms with E-state index in [2.05, 4.69) is 30.2 Å². The van der Waals surface area contributed by atoms with Crippen molar-refractivity contribution in [3.63, 3.8) is 0 Å². The minimum atomic E-state index is 0.164. The normalized spacial score (nSPS) is 22.9. The van der Waals surface area contributed by atoms with Crippen LogP contribution in [0.5, 0.6) is 0 Å². The van der Waals surface area contributed by atoms with Crippen molar-refractivity contribution >= 4 is 17.7 Å². The number of nitrogens with one attached hydrogen (secondary N) is 1. The Morgan fingerprint density at radius 2 is 2.39 bits per heavy atom. The molecule has 0 bridgehead atoms. The van der Waals surface area contributed by atoms with Crippen molar-refractivity contribution in [1.82, 2.24) is 15.2 Å². The van der Waals surface area contributed by atoms with E-state index in [0.717, 1.165) is 31.8 Å². The van der Waals surface area contributed by atoms with Crippen LogP contribution >= 0.6 is 11.8 Å². The molecule has 1 unspecified atom stereocenters. The number of likely N-dealkylation sites (tertiary alicyclic amines) is 1. The molecule has 0 saturated carbocycles. The quantitative estimate of drug-likeness (QED) is 0.842. The predicted octanol–water partition coefficient (Wildman–Crippen LogP) is 2.47. The summed E-state index contributed by atoms with van der Waals surface area (Å²) in [6.45, 7) is 6.84. The maximum Gasteiger partial charge on any atom is 0.246 e. The Labute approximate surface area is 142 Å². The van der Waals surface area contributed by atoms with Gasteiger partial charge in [-0.25, -0.2) is 0 Å². The first-order chi connectivity index (χ1) is 11.1. The van der Waals surface area contributed by atoms with Gasteiger partial charge < -0.3 is 10.2 Å². The number of carbonyl (C=O) groups is 1. The van der Waals surface area contributed by atoms with Crippen LogP contribution in [0.25, 0.3) is 0 Å². The van der Waals surface area contributed by atoms with Crippen molar-refractivity contribution in [3.8, 4) is 0 Å². The van der Waals surface area contributed by atoms with Gasteiger partial charge in [0.25, 0.3) is 0 Å². The van der Waals surface area contributed by atoms with Crippen LogP contribution < -0.4 is 5.32 Å². The van der Waals surface area contributed by atoms with Crippen molar-refractivity contribution in [3.05, 3.63) is 42.2 Å². The molecule has 1 spiro atoms. The number of allylic oxidation sites excluding steroid dienone is 1. The second kappa shape index (κ2) is 7.05. The lowest BCUT2D eigenvalue weighted by Gasteiger charge is -2.47. The first kappa shape index (κ1) is 16.5. The van der Waals surface area contributed by atoms with Crippen molar-refractivity contribution < 1.29 is 4.79 Å². The molecule has 1 aromatic heterocycles. The lowest BCUT2D eigenvalue weighted by atomic mass is 9.92. The van der Waals surface area contributed by atoms with Crippen molar-refractivity contribution in [2.75, 3.05) is 18.8 Å². The molecule has 3 rings (SSSR count). The van der Waals surface area contributed by atoms with Crippen LogP contribution in [0.2, 0.25) is 0 Å². The fraction of sp³-hybridized carbons (Fsp3) is 0.556. The molecule has 0 aliphatic carbocycles. The van der Waals surface area contributed by atoms with Crippen LogP contribution in [0.15, 0.2) is 36.7 Å². The van der Waals surface area contributed by atoms with Crippen molar-refractivity contribution in [2.45, 2.75) is 37.6 Å². The Kier molecular flexibility index (Phi) is 5.07. The van der Waals surface area contributed by atoms with E-state index in [1.165, 1.54) is 5.56 Å². The summed E-state index contributed by atoms with van der Waals surface area (Å²) in [6, 6.07) is 4.61. The molecule has 1 amide bonds. The maximum atomic E-state index is 12.1. The van der Waals surface area contributed by atoms with Crippen LogP contribution in [0.1, 0.15) is 25.8 Å². The monoisotopic (exact) mass is 331 g/mol. The zero-order valence-corrected chi connectivity index (χ0v) is 14.7. The molecule has 124 valence electrons. The van der Waals surface area contributed by atoms with E-state index >= 15 is 0 Å². The minimum absolute atomic E-state index is 0.164. The van der Waals surface area contributed by atoms with Gasteiger partial charge in [0.2, 0.25) is 5.91 Å². The number of hydrogen-bond acceptors (Lipinski definition) is 4. The zero-order chi connectivity index (χ0) is 16.3. The highest BCUT2D eigenvalue weighted by Crippen LogP contribution is 2.45. The molecule has 1 aromatic rings. The highest BCUT2D eigenvalue weighted by molar-refractivity contribution is 8.01. The first-order valence-electron chi connectivity index (χ1n) is 8.30. The summed E-state index contributed by atoms with van der Waals surface area (Å²) in [7, 11) is 0. The number of rotatable bonds is 5. The molecule has 1 atom stereocenters. The van der Waals surface area contributed by atoms with Crippen molar-refractivity contribution in [1.29, 1.82) is 0 Å². The zero-order valence-electron chi connectivity index (χ0n) is 13.9. The first-order valence-corrected chi connectivity index (χ1v) is 9.28. The fourth-order valence-corrected chi connectivity index (χ4v) is 4.75. The van der Waals surface area contributed by atoms with Crippen LogP contribution in [0, 0.1) is 5.92 Å². The average molecular weight is 331 g/mol. The lowest BCUT2D eigenvalue weighted by Crippen LogP contribution is -2.60. The molecule has 23 heavy (non-hydrogen) atoms. The van der Waals surface area contributed by atoms with Crippen LogP contribution in [0.3, 0.4) is 0 Å². The minimum Gasteiger partial charge on any atom is -0.336 e. The summed E-state index contributed by atoms with van der Waals surface area (Å²) in [5.41, 5.74) is 1.22. The van der Waals surface area contributed by atoms with E-state index in [-0.39, 0.29) is 10.7 Å². The summed E-state index contributed by atoms with van der Waals surface area (Å²) in [6.07, 6.45) is 8.57. The number of thioether (sulfide) groups is 1. The number of nitrogens with zero attached hydrogens (tertiary/aromatic N) is 2. The van der Waals surface area contributed by atoms with E-state index < -0.39 is 0 Å². The Bertz CT molecular complexity index is 567. The number of pyridine rings is 1. The molecule has 2 aliphatic heterocycles. The smallest absolute Gasteiger partial charge is 0.246 e. The Morgan fingerprint density at radius 1 is 1.57 bits per heavy atom. The molecule has 4 nitrogen and oxygen atoms in total. The second-order valence-electron chi connectivity index (χ2n) is 6.93. The molecule has 2 aliphatic rings. The highest BCUT2D eigenvalue weighted by Gasteiger charge is 2.49. The molecule has 0 aromatic carbocycles. The summed E-state index contributed by atoms with van der Waals surface area (Å²) in [5.74, 6) is 1.72. The summed E-state index contributed by atoms with van der Waals surface area (Å²) < 4.78 is 0.286. The van der Waals surface area contributed by atoms with Gasteiger partial charge in [-0.05, 0) is 30.0 Å². The molecule has 3 heterocycles. The predicted molar refractivity (Wildman–Crippen MR) is 95.2 cm³/mol. The average Bonchev–Trinajstić information content (AvgIpc) is 2.95. The molecular formula is C18H25N3OS. The number of hydrogen-bond donors (Lipinski definition) is 1. The van der Waals surface area contributed by atoms with E-state index in [9.17, 15) is 4.79 Å². The number of aromatic nitrogens is 1. The summed E-state index contributed by atoms with van der Waals surface area (Å²) >= 11 is 2.02. The molecule has 0 radical (unpaired) electrons. The van der Waals surface area contributed by atoms with Gasteiger partial charge in [0, 0.05) is 43.8 Å². The largest absolute Gasteiger partial charge is 0.336 e. The third kappa shape index (κ3) is 4.15. The van der Waals surface area contributed by atoms with Gasteiger partial charge in [0.05, 0.1) is 4.75 Å². The maximum absolute atomic E-state index is 12.1. The van der Waals surface area contributed by atoms with E-state index in [1.807, 2.05) is 35.0 Å². The SMILES string of the molecule is CC(C)/C=C/C(=O)N1CC2(CC(NCc3cccnc3)CS2)C1. The van der Waals surface area contributed by atoms with E-state index in [1.54, 1.807) is 12.3 Å². The fourth-order valence-electron chi connectivity index (χ4n) is 3.15. The molecule has 2 saturated heterocycles. The summed E-state index contributed by atoms with van der Waals surface area (Å²) in [4.78, 5) is 18.2. The van der Waals surface area contributed by atoms with Gasteiger partial charge in [-0.2, -0.15) is 0 Å². The van der Waals surface area contributed by atoms with Gasteiger partial charge >= 0.3 is 0 Å². The van der Waals surface area contributed by atoms with Gasteiger partial charge in [-0.1, -0.05) is 26.0 Å². The Hall–Kier alpha value is -1.33. The molecule has 2 fully saturated rings. The van der Waals surface area contributed by atoms with Crippen LogP contribution in [0.4, 0.5) is 0 Å². The van der Waals surface area contributed by atoms with Crippen LogP contribution in [-0.4, -0.2) is 45.4 Å². The topological polar surface area (TPSA) is 45.2 Å².